The van der Waals surface area contributed by atoms with Gasteiger partial charge in [-0.15, -0.1) is 0 Å². The van der Waals surface area contributed by atoms with E-state index >= 15 is 0 Å². The Kier molecular flexibility index (Phi) is 6.17. The molecule has 0 radical (unpaired) electrons. The average Bonchev–Trinajstić information content (AvgIpc) is 2.77. The van der Waals surface area contributed by atoms with Crippen molar-refractivity contribution in [3.63, 3.8) is 0 Å². The summed E-state index contributed by atoms with van der Waals surface area (Å²) in [5, 5.41) is 4.63. The Hall–Kier alpha value is -3.35. The maximum absolute atomic E-state index is 13.2. The number of benzene rings is 4. The van der Waals surface area contributed by atoms with Crippen molar-refractivity contribution in [3.05, 3.63) is 107 Å². The molecule has 0 saturated heterocycles. The Balaban J connectivity index is 1.74. The van der Waals surface area contributed by atoms with Crippen LogP contribution in [-0.2, 0) is 16.6 Å². The SMILES string of the molecule is Cc1cc(Cl)cc(S(=O)(=O)Nc2c(C(=O)NCc3ccccc3)ccc3ccccc23)c1. The molecule has 0 bridgehead atoms. The van der Waals surface area contributed by atoms with Crippen molar-refractivity contribution in [2.45, 2.75) is 18.4 Å². The fourth-order valence-electron chi connectivity index (χ4n) is 3.50. The van der Waals surface area contributed by atoms with Gasteiger partial charge in [-0.1, -0.05) is 72.3 Å². The average molecular weight is 465 g/mol. The Bertz CT molecular complexity index is 1380. The van der Waals surface area contributed by atoms with Crippen LogP contribution < -0.4 is 10.0 Å². The number of sulfonamides is 1. The van der Waals surface area contributed by atoms with Crippen LogP contribution in [-0.4, -0.2) is 14.3 Å². The lowest BCUT2D eigenvalue weighted by Crippen LogP contribution is -2.25. The zero-order valence-electron chi connectivity index (χ0n) is 17.3. The van der Waals surface area contributed by atoms with Crippen LogP contribution in [0.25, 0.3) is 10.8 Å². The monoisotopic (exact) mass is 464 g/mol. The van der Waals surface area contributed by atoms with Crippen LogP contribution in [0.2, 0.25) is 5.02 Å². The van der Waals surface area contributed by atoms with Gasteiger partial charge in [0.15, 0.2) is 0 Å². The quantitative estimate of drug-likeness (QED) is 0.393. The van der Waals surface area contributed by atoms with Crippen LogP contribution in [0.15, 0.2) is 89.8 Å². The summed E-state index contributed by atoms with van der Waals surface area (Å²) in [6.45, 7) is 2.09. The van der Waals surface area contributed by atoms with E-state index in [1.54, 1.807) is 37.3 Å². The molecule has 0 aliphatic rings. The molecule has 0 aromatic heterocycles. The summed E-state index contributed by atoms with van der Waals surface area (Å²) in [6.07, 6.45) is 0. The lowest BCUT2D eigenvalue weighted by atomic mass is 10.0. The molecule has 2 N–H and O–H groups in total. The number of halogens is 1. The van der Waals surface area contributed by atoms with Crippen molar-refractivity contribution in [1.82, 2.24) is 5.32 Å². The Morgan fingerprint density at radius 2 is 1.62 bits per heavy atom. The lowest BCUT2D eigenvalue weighted by molar-refractivity contribution is 0.0952. The van der Waals surface area contributed by atoms with Crippen molar-refractivity contribution in [2.75, 3.05) is 4.72 Å². The van der Waals surface area contributed by atoms with Crippen LogP contribution in [0.3, 0.4) is 0 Å². The molecular weight excluding hydrogens is 444 g/mol. The fourth-order valence-corrected chi connectivity index (χ4v) is 5.08. The molecule has 4 rings (SSSR count). The molecule has 0 aliphatic heterocycles. The molecule has 0 saturated carbocycles. The van der Waals surface area contributed by atoms with Crippen molar-refractivity contribution >= 4 is 44.0 Å². The summed E-state index contributed by atoms with van der Waals surface area (Å²) in [5.74, 6) is -0.375. The summed E-state index contributed by atoms with van der Waals surface area (Å²) in [5.41, 5.74) is 2.13. The second-order valence-electron chi connectivity index (χ2n) is 7.45. The highest BCUT2D eigenvalue weighted by molar-refractivity contribution is 7.92. The number of carbonyl (C=O) groups excluding carboxylic acids is 1. The highest BCUT2D eigenvalue weighted by Crippen LogP contribution is 2.30. The maximum Gasteiger partial charge on any atom is 0.261 e. The molecule has 0 fully saturated rings. The molecule has 32 heavy (non-hydrogen) atoms. The standard InChI is InChI=1S/C25H21ClN2O3S/c1-17-13-20(26)15-21(14-17)32(30,31)28-24-22-10-6-5-9-19(22)11-12-23(24)25(29)27-16-18-7-3-2-4-8-18/h2-15,28H,16H2,1H3,(H,27,29). The second kappa shape index (κ2) is 9.02. The van der Waals surface area contributed by atoms with Crippen LogP contribution >= 0.6 is 11.6 Å². The molecule has 7 heteroatoms. The Morgan fingerprint density at radius 3 is 2.38 bits per heavy atom. The van der Waals surface area contributed by atoms with E-state index < -0.39 is 10.0 Å². The van der Waals surface area contributed by atoms with Gasteiger partial charge in [0.1, 0.15) is 0 Å². The number of aryl methyl sites for hydroxylation is 1. The Morgan fingerprint density at radius 1 is 0.906 bits per heavy atom. The maximum atomic E-state index is 13.2. The summed E-state index contributed by atoms with van der Waals surface area (Å²) < 4.78 is 29.0. The van der Waals surface area contributed by atoms with Gasteiger partial charge in [0.25, 0.3) is 15.9 Å². The van der Waals surface area contributed by atoms with E-state index in [0.29, 0.717) is 17.0 Å². The minimum absolute atomic E-state index is 0.0334. The molecule has 5 nitrogen and oxygen atoms in total. The van der Waals surface area contributed by atoms with E-state index in [4.69, 9.17) is 11.6 Å². The molecule has 0 atom stereocenters. The first kappa shape index (κ1) is 21.9. The molecule has 4 aromatic carbocycles. The molecule has 162 valence electrons. The first-order valence-electron chi connectivity index (χ1n) is 9.97. The summed E-state index contributed by atoms with van der Waals surface area (Å²) in [4.78, 5) is 13.1. The highest BCUT2D eigenvalue weighted by Gasteiger charge is 2.21. The molecule has 0 heterocycles. The van der Waals surface area contributed by atoms with Crippen LogP contribution in [0.5, 0.6) is 0 Å². The van der Waals surface area contributed by atoms with E-state index in [1.807, 2.05) is 42.5 Å². The number of rotatable bonds is 6. The third-order valence-corrected chi connectivity index (χ3v) is 6.58. The van der Waals surface area contributed by atoms with Gasteiger partial charge < -0.3 is 5.32 Å². The van der Waals surface area contributed by atoms with Gasteiger partial charge in [0.2, 0.25) is 0 Å². The molecule has 0 unspecified atom stereocenters. The molecule has 4 aromatic rings. The van der Waals surface area contributed by atoms with Gasteiger partial charge in [-0.3, -0.25) is 9.52 Å². The zero-order chi connectivity index (χ0) is 22.7. The van der Waals surface area contributed by atoms with Gasteiger partial charge >= 0.3 is 0 Å². The van der Waals surface area contributed by atoms with E-state index in [9.17, 15) is 13.2 Å². The number of hydrogen-bond donors (Lipinski definition) is 2. The molecule has 1 amide bonds. The van der Waals surface area contributed by atoms with Crippen LogP contribution in [0.1, 0.15) is 21.5 Å². The topological polar surface area (TPSA) is 75.3 Å². The number of nitrogens with one attached hydrogen (secondary N) is 2. The predicted octanol–water partition coefficient (Wildman–Crippen LogP) is 5.53. The Labute approximate surface area is 192 Å². The van der Waals surface area contributed by atoms with Crippen LogP contribution in [0.4, 0.5) is 5.69 Å². The number of hydrogen-bond acceptors (Lipinski definition) is 3. The second-order valence-corrected chi connectivity index (χ2v) is 9.57. The van der Waals surface area contributed by atoms with E-state index in [0.717, 1.165) is 16.5 Å². The van der Waals surface area contributed by atoms with Crippen molar-refractivity contribution in [2.24, 2.45) is 0 Å². The smallest absolute Gasteiger partial charge is 0.261 e. The summed E-state index contributed by atoms with van der Waals surface area (Å²) in [6, 6.07) is 24.8. The summed E-state index contributed by atoms with van der Waals surface area (Å²) >= 11 is 6.08. The van der Waals surface area contributed by atoms with E-state index in [-0.39, 0.29) is 22.1 Å². The normalized spacial score (nSPS) is 11.3. The van der Waals surface area contributed by atoms with Crippen molar-refractivity contribution in [1.29, 1.82) is 0 Å². The number of carbonyl (C=O) groups is 1. The van der Waals surface area contributed by atoms with E-state index in [2.05, 4.69) is 10.0 Å². The first-order chi connectivity index (χ1) is 15.3. The largest absolute Gasteiger partial charge is 0.348 e. The number of anilines is 1. The van der Waals surface area contributed by atoms with Gasteiger partial charge in [0.05, 0.1) is 16.1 Å². The summed E-state index contributed by atoms with van der Waals surface area (Å²) in [7, 11) is -3.99. The number of fused-ring (bicyclic) bond motifs is 1. The first-order valence-corrected chi connectivity index (χ1v) is 11.8. The van der Waals surface area contributed by atoms with Crippen molar-refractivity contribution in [3.8, 4) is 0 Å². The third-order valence-electron chi connectivity index (χ3n) is 5.03. The minimum Gasteiger partial charge on any atom is -0.348 e. The van der Waals surface area contributed by atoms with Gasteiger partial charge in [-0.2, -0.15) is 0 Å². The van der Waals surface area contributed by atoms with Gasteiger partial charge in [0, 0.05) is 17.0 Å². The molecular formula is C25H21ClN2O3S. The van der Waals surface area contributed by atoms with Crippen molar-refractivity contribution < 1.29 is 13.2 Å². The third kappa shape index (κ3) is 4.77. The fraction of sp³-hybridized carbons (Fsp3) is 0.0800. The highest BCUT2D eigenvalue weighted by atomic mass is 35.5. The van der Waals surface area contributed by atoms with Gasteiger partial charge in [-0.05, 0) is 47.7 Å². The van der Waals surface area contributed by atoms with Gasteiger partial charge in [-0.25, -0.2) is 8.42 Å². The lowest BCUT2D eigenvalue weighted by Gasteiger charge is -2.16. The van der Waals surface area contributed by atoms with Crippen LogP contribution in [0, 0.1) is 6.92 Å². The predicted molar refractivity (Wildman–Crippen MR) is 129 cm³/mol. The molecule has 0 spiro atoms. The zero-order valence-corrected chi connectivity index (χ0v) is 18.9. The van der Waals surface area contributed by atoms with E-state index in [1.165, 1.54) is 12.1 Å². The minimum atomic E-state index is -3.99. The number of amides is 1. The molecule has 0 aliphatic carbocycles.